The molecule has 118 valence electrons. The molecule has 0 bridgehead atoms. The minimum atomic E-state index is -0.235. The van der Waals surface area contributed by atoms with Crippen LogP contribution in [0.3, 0.4) is 0 Å². The van der Waals surface area contributed by atoms with Crippen LogP contribution in [-0.2, 0) is 17.6 Å². The van der Waals surface area contributed by atoms with Crippen LogP contribution in [0.2, 0.25) is 0 Å². The number of carbonyl (C=O) groups excluding carboxylic acids is 1. The summed E-state index contributed by atoms with van der Waals surface area (Å²) < 4.78 is 0. The van der Waals surface area contributed by atoms with Crippen molar-refractivity contribution in [2.75, 3.05) is 6.54 Å². The molecule has 0 spiro atoms. The van der Waals surface area contributed by atoms with E-state index in [1.54, 1.807) is 29.1 Å². The van der Waals surface area contributed by atoms with Crippen LogP contribution in [0.25, 0.3) is 11.0 Å². The minimum absolute atomic E-state index is 0.0797. The summed E-state index contributed by atoms with van der Waals surface area (Å²) >= 11 is 1.57. The van der Waals surface area contributed by atoms with Crippen LogP contribution < -0.4 is 10.9 Å². The van der Waals surface area contributed by atoms with Gasteiger partial charge in [-0.25, -0.2) is 4.98 Å². The Morgan fingerprint density at radius 3 is 2.96 bits per heavy atom. The van der Waals surface area contributed by atoms with E-state index in [1.165, 1.54) is 0 Å². The van der Waals surface area contributed by atoms with Gasteiger partial charge in [-0.05, 0) is 12.1 Å². The Bertz CT molecular complexity index is 858. The Morgan fingerprint density at radius 2 is 2.13 bits per heavy atom. The molecule has 0 unspecified atom stereocenters. The zero-order valence-electron chi connectivity index (χ0n) is 12.4. The van der Waals surface area contributed by atoms with E-state index in [1.807, 2.05) is 18.2 Å². The molecule has 23 heavy (non-hydrogen) atoms. The van der Waals surface area contributed by atoms with Gasteiger partial charge in [-0.15, -0.1) is 11.3 Å². The number of rotatable bonds is 6. The number of aromatic nitrogens is 3. The average molecular weight is 328 g/mol. The van der Waals surface area contributed by atoms with Crippen LogP contribution >= 0.6 is 11.3 Å². The number of carbonyl (C=O) groups is 1. The maximum atomic E-state index is 12.0. The molecule has 2 heterocycles. The largest absolute Gasteiger partial charge is 0.356 e. The molecule has 7 heteroatoms. The van der Waals surface area contributed by atoms with Gasteiger partial charge in [0.05, 0.1) is 16.5 Å². The molecular formula is C16H16N4O2S. The summed E-state index contributed by atoms with van der Waals surface area (Å²) in [5, 5.41) is 2.85. The molecule has 0 saturated heterocycles. The lowest BCUT2D eigenvalue weighted by Crippen LogP contribution is -2.27. The number of hydrogen-bond donors (Lipinski definition) is 2. The van der Waals surface area contributed by atoms with Crippen LogP contribution in [0.5, 0.6) is 0 Å². The van der Waals surface area contributed by atoms with Crippen molar-refractivity contribution in [2.24, 2.45) is 0 Å². The predicted molar refractivity (Wildman–Crippen MR) is 89.5 cm³/mol. The number of H-pyrrole nitrogens is 1. The van der Waals surface area contributed by atoms with Crippen molar-refractivity contribution in [1.29, 1.82) is 0 Å². The van der Waals surface area contributed by atoms with Gasteiger partial charge in [-0.2, -0.15) is 0 Å². The van der Waals surface area contributed by atoms with Crippen molar-refractivity contribution >= 4 is 28.3 Å². The summed E-state index contributed by atoms with van der Waals surface area (Å²) in [6, 6.07) is 7.35. The van der Waals surface area contributed by atoms with Crippen LogP contribution in [-0.4, -0.2) is 27.4 Å². The minimum Gasteiger partial charge on any atom is -0.356 e. The van der Waals surface area contributed by atoms with E-state index in [2.05, 4.69) is 20.3 Å². The Balaban J connectivity index is 1.54. The number of nitrogens with zero attached hydrogens (tertiary/aromatic N) is 2. The van der Waals surface area contributed by atoms with Gasteiger partial charge in [0.25, 0.3) is 5.56 Å². The van der Waals surface area contributed by atoms with Gasteiger partial charge < -0.3 is 10.3 Å². The van der Waals surface area contributed by atoms with Crippen molar-refractivity contribution in [2.45, 2.75) is 19.3 Å². The van der Waals surface area contributed by atoms with Crippen molar-refractivity contribution in [3.8, 4) is 0 Å². The molecule has 0 fully saturated rings. The van der Waals surface area contributed by atoms with E-state index < -0.39 is 0 Å². The quantitative estimate of drug-likeness (QED) is 0.720. The SMILES string of the molecule is O=C(CCc1nc2ccccc2[nH]c1=O)NCCc1cncs1. The fourth-order valence-corrected chi connectivity index (χ4v) is 2.85. The van der Waals surface area contributed by atoms with E-state index in [9.17, 15) is 9.59 Å². The molecule has 2 aromatic heterocycles. The number of aryl methyl sites for hydroxylation is 1. The monoisotopic (exact) mass is 328 g/mol. The van der Waals surface area contributed by atoms with Gasteiger partial charge in [-0.1, -0.05) is 12.1 Å². The molecule has 3 rings (SSSR count). The van der Waals surface area contributed by atoms with Crippen molar-refractivity contribution in [3.63, 3.8) is 0 Å². The number of aromatic amines is 1. The number of benzene rings is 1. The van der Waals surface area contributed by atoms with Gasteiger partial charge >= 0.3 is 0 Å². The van der Waals surface area contributed by atoms with Crippen LogP contribution in [0.4, 0.5) is 0 Å². The van der Waals surface area contributed by atoms with Gasteiger partial charge in [0.1, 0.15) is 5.69 Å². The Hall–Kier alpha value is -2.54. The number of hydrogen-bond acceptors (Lipinski definition) is 5. The molecule has 3 aromatic rings. The second-order valence-electron chi connectivity index (χ2n) is 5.10. The van der Waals surface area contributed by atoms with Crippen molar-refractivity contribution < 1.29 is 4.79 Å². The molecule has 6 nitrogen and oxygen atoms in total. The Morgan fingerprint density at radius 1 is 1.26 bits per heavy atom. The molecule has 0 aliphatic rings. The van der Waals surface area contributed by atoms with Crippen LogP contribution in [0.1, 0.15) is 17.0 Å². The highest BCUT2D eigenvalue weighted by molar-refractivity contribution is 7.09. The average Bonchev–Trinajstić information content (AvgIpc) is 3.06. The van der Waals surface area contributed by atoms with Gasteiger partial charge in [-0.3, -0.25) is 14.6 Å². The summed E-state index contributed by atoms with van der Waals surface area (Å²) in [4.78, 5) is 36.1. The molecule has 0 aliphatic carbocycles. The lowest BCUT2D eigenvalue weighted by molar-refractivity contribution is -0.121. The second-order valence-corrected chi connectivity index (χ2v) is 6.07. The summed E-state index contributed by atoms with van der Waals surface area (Å²) in [6.07, 6.45) is 3.14. The number of fused-ring (bicyclic) bond motifs is 1. The zero-order chi connectivity index (χ0) is 16.1. The standard InChI is InChI=1S/C16H16N4O2S/c21-15(18-8-7-11-9-17-10-23-11)6-5-14-16(22)20-13-4-2-1-3-12(13)19-14/h1-4,9-10H,5-8H2,(H,18,21)(H,20,22). The van der Waals surface area contributed by atoms with Gasteiger partial charge in [0.15, 0.2) is 0 Å². The van der Waals surface area contributed by atoms with Crippen molar-refractivity contribution in [3.05, 3.63) is 56.9 Å². The maximum Gasteiger partial charge on any atom is 0.270 e. The Kier molecular flexibility index (Phi) is 4.77. The molecule has 0 aliphatic heterocycles. The molecular weight excluding hydrogens is 312 g/mol. The molecule has 0 saturated carbocycles. The molecule has 1 aromatic carbocycles. The van der Waals surface area contributed by atoms with E-state index in [0.29, 0.717) is 24.2 Å². The van der Waals surface area contributed by atoms with E-state index in [0.717, 1.165) is 16.8 Å². The number of amides is 1. The third-order valence-electron chi connectivity index (χ3n) is 3.44. The van der Waals surface area contributed by atoms with Crippen LogP contribution in [0.15, 0.2) is 40.8 Å². The molecule has 0 radical (unpaired) electrons. The van der Waals surface area contributed by atoms with E-state index in [4.69, 9.17) is 0 Å². The lowest BCUT2D eigenvalue weighted by atomic mass is 10.2. The summed E-state index contributed by atoms with van der Waals surface area (Å²) in [7, 11) is 0. The number of nitrogens with one attached hydrogen (secondary N) is 2. The highest BCUT2D eigenvalue weighted by Crippen LogP contribution is 2.07. The summed E-state index contributed by atoms with van der Waals surface area (Å²) in [5.41, 5.74) is 3.36. The normalized spacial score (nSPS) is 10.8. The number of thiazole rings is 1. The maximum absolute atomic E-state index is 12.0. The second kappa shape index (κ2) is 7.15. The predicted octanol–water partition coefficient (Wildman–Crippen LogP) is 1.67. The zero-order valence-corrected chi connectivity index (χ0v) is 13.2. The van der Waals surface area contributed by atoms with Crippen molar-refractivity contribution in [1.82, 2.24) is 20.3 Å². The highest BCUT2D eigenvalue weighted by Gasteiger charge is 2.08. The lowest BCUT2D eigenvalue weighted by Gasteiger charge is -2.04. The van der Waals surface area contributed by atoms with E-state index >= 15 is 0 Å². The third-order valence-corrected chi connectivity index (χ3v) is 4.28. The van der Waals surface area contributed by atoms with Gasteiger partial charge in [0, 0.05) is 36.9 Å². The first-order valence-electron chi connectivity index (χ1n) is 7.34. The molecule has 1 amide bonds. The summed E-state index contributed by atoms with van der Waals surface area (Å²) in [5.74, 6) is -0.0797. The molecule has 0 atom stereocenters. The topological polar surface area (TPSA) is 87.7 Å². The smallest absolute Gasteiger partial charge is 0.270 e. The fourth-order valence-electron chi connectivity index (χ4n) is 2.25. The first kappa shape index (κ1) is 15.4. The summed E-state index contributed by atoms with van der Waals surface area (Å²) in [6.45, 7) is 0.572. The Labute approximate surface area is 136 Å². The fraction of sp³-hybridized carbons (Fsp3) is 0.250. The first-order valence-corrected chi connectivity index (χ1v) is 8.22. The van der Waals surface area contributed by atoms with Gasteiger partial charge in [0.2, 0.25) is 5.91 Å². The highest BCUT2D eigenvalue weighted by atomic mass is 32.1. The van der Waals surface area contributed by atoms with E-state index in [-0.39, 0.29) is 17.9 Å². The number of para-hydroxylation sites is 2. The first-order chi connectivity index (χ1) is 11.2. The van der Waals surface area contributed by atoms with Crippen LogP contribution in [0, 0.1) is 0 Å². The third kappa shape index (κ3) is 4.01. The molecule has 2 N–H and O–H groups in total.